The Morgan fingerprint density at radius 3 is 2.36 bits per heavy atom. The van der Waals surface area contributed by atoms with Gasteiger partial charge in [0.25, 0.3) is 0 Å². The fraction of sp³-hybridized carbons (Fsp3) is 0.333. The number of alkyl halides is 5. The van der Waals surface area contributed by atoms with E-state index in [0.717, 1.165) is 23.5 Å². The third-order valence-electron chi connectivity index (χ3n) is 6.74. The van der Waals surface area contributed by atoms with Gasteiger partial charge in [0.15, 0.2) is 5.69 Å². The van der Waals surface area contributed by atoms with Crippen LogP contribution in [0.5, 0.6) is 5.75 Å². The molecule has 2 aromatic carbocycles. The molecule has 1 atom stereocenters. The molecule has 42 heavy (non-hydrogen) atoms. The molecule has 3 aromatic rings. The van der Waals surface area contributed by atoms with Gasteiger partial charge in [0.05, 0.1) is 11.3 Å². The molecular formula is C27H25F6N3O5S. The molecule has 8 nitrogen and oxygen atoms in total. The maximum absolute atomic E-state index is 14.3. The Bertz CT molecular complexity index is 1580. The van der Waals surface area contributed by atoms with Crippen molar-refractivity contribution in [2.24, 2.45) is 0 Å². The predicted molar refractivity (Wildman–Crippen MR) is 139 cm³/mol. The van der Waals surface area contributed by atoms with Crippen molar-refractivity contribution in [1.29, 1.82) is 0 Å². The molecule has 1 aromatic heterocycles. The number of rotatable bonds is 8. The number of sulfonamides is 1. The summed E-state index contributed by atoms with van der Waals surface area (Å²) in [4.78, 5) is 15.4. The fourth-order valence-electron chi connectivity index (χ4n) is 4.55. The van der Waals surface area contributed by atoms with Gasteiger partial charge in [0, 0.05) is 43.4 Å². The summed E-state index contributed by atoms with van der Waals surface area (Å²) in [6.45, 7) is -0.361. The summed E-state index contributed by atoms with van der Waals surface area (Å²) in [5.41, 5.74) is -2.46. The van der Waals surface area contributed by atoms with E-state index in [0.29, 0.717) is 24.7 Å². The monoisotopic (exact) mass is 617 g/mol. The average molecular weight is 618 g/mol. The number of nitrogens with zero attached hydrogens (tertiary/aromatic N) is 3. The molecule has 0 amide bonds. The van der Waals surface area contributed by atoms with E-state index >= 15 is 0 Å². The molecule has 0 bridgehead atoms. The molecule has 226 valence electrons. The Morgan fingerprint density at radius 2 is 1.76 bits per heavy atom. The highest BCUT2D eigenvalue weighted by Gasteiger charge is 2.42. The molecule has 0 radical (unpaired) electrons. The Labute approximate surface area is 237 Å². The number of hydrogen-bond acceptors (Lipinski definition) is 6. The number of carboxylic acids is 1. The number of carboxylic acid groups (broad SMARTS) is 1. The van der Waals surface area contributed by atoms with Crippen molar-refractivity contribution in [1.82, 2.24) is 9.29 Å². The van der Waals surface area contributed by atoms with Gasteiger partial charge >= 0.3 is 12.1 Å². The van der Waals surface area contributed by atoms with Crippen molar-refractivity contribution >= 4 is 27.4 Å². The van der Waals surface area contributed by atoms with Gasteiger partial charge in [-0.2, -0.15) is 21.9 Å². The van der Waals surface area contributed by atoms with Crippen LogP contribution in [-0.2, 0) is 22.8 Å². The molecule has 0 aliphatic carbocycles. The molecule has 1 aliphatic rings. The van der Waals surface area contributed by atoms with Crippen molar-refractivity contribution in [2.45, 2.75) is 49.4 Å². The quantitative estimate of drug-likeness (QED) is 0.241. The van der Waals surface area contributed by atoms with E-state index in [2.05, 4.69) is 4.98 Å². The van der Waals surface area contributed by atoms with E-state index in [1.54, 1.807) is 30.3 Å². The molecule has 0 fully saturated rings. The van der Waals surface area contributed by atoms with Gasteiger partial charge < -0.3 is 14.7 Å². The number of ether oxygens (including phenoxy) is 1. The summed E-state index contributed by atoms with van der Waals surface area (Å²) in [5, 5.41) is 9.31. The zero-order chi connectivity index (χ0) is 31.0. The molecule has 0 saturated heterocycles. The molecule has 0 unspecified atom stereocenters. The Morgan fingerprint density at radius 1 is 1.10 bits per heavy atom. The first-order chi connectivity index (χ1) is 19.5. The number of aromatic nitrogens is 1. The third kappa shape index (κ3) is 6.62. The van der Waals surface area contributed by atoms with E-state index in [-0.39, 0.29) is 24.2 Å². The highest BCUT2D eigenvalue weighted by Crippen LogP contribution is 2.46. The van der Waals surface area contributed by atoms with Gasteiger partial charge in [-0.3, -0.25) is 0 Å². The third-order valence-corrected chi connectivity index (χ3v) is 8.68. The Balaban J connectivity index is 1.88. The van der Waals surface area contributed by atoms with Crippen molar-refractivity contribution in [3.63, 3.8) is 0 Å². The van der Waals surface area contributed by atoms with Gasteiger partial charge in [-0.05, 0) is 43.7 Å². The van der Waals surface area contributed by atoms with Crippen LogP contribution in [0.1, 0.15) is 41.4 Å². The zero-order valence-electron chi connectivity index (χ0n) is 22.2. The number of fused-ring (bicyclic) bond motifs is 1. The number of pyridine rings is 1. The Hall–Kier alpha value is -3.85. The number of likely N-dealkylation sites (N-methyl/N-ethyl adjacent to an activating group) is 1. The number of halogens is 6. The molecule has 0 saturated carbocycles. The van der Waals surface area contributed by atoms with Crippen molar-refractivity contribution in [3.05, 3.63) is 77.4 Å². The second kappa shape index (κ2) is 11.4. The highest BCUT2D eigenvalue weighted by molar-refractivity contribution is 7.89. The van der Waals surface area contributed by atoms with E-state index < -0.39 is 75.0 Å². The summed E-state index contributed by atoms with van der Waals surface area (Å²) in [6.07, 6.45) is -6.02. The standard InChI is InChI=1S/C27H25F6N3O5S/c1-26(29,30)11-10-18-14-36(17-6-4-3-5-7-17)20-12-19(27(31,32)33)21(13-22(20)42(39,40)35(18)2)41-15-16-8-9-23(28)34-24(16)25(37)38/h3-9,12-13,18H,10-11,14-15H2,1-2H3,(H,37,38)/t18-/m1/s1. The fourth-order valence-corrected chi connectivity index (χ4v) is 6.11. The van der Waals surface area contributed by atoms with E-state index in [1.165, 1.54) is 4.90 Å². The lowest BCUT2D eigenvalue weighted by molar-refractivity contribution is -0.139. The lowest BCUT2D eigenvalue weighted by Gasteiger charge is -2.30. The van der Waals surface area contributed by atoms with Gasteiger partial charge in [-0.15, -0.1) is 0 Å². The molecule has 0 spiro atoms. The molecule has 4 rings (SSSR count). The lowest BCUT2D eigenvalue weighted by Crippen LogP contribution is -2.41. The van der Waals surface area contributed by atoms with Gasteiger partial charge in [-0.25, -0.2) is 27.0 Å². The molecular weight excluding hydrogens is 592 g/mol. The maximum Gasteiger partial charge on any atom is 0.420 e. The van der Waals surface area contributed by atoms with Crippen LogP contribution in [0.2, 0.25) is 0 Å². The van der Waals surface area contributed by atoms with Gasteiger partial charge in [0.2, 0.25) is 21.9 Å². The summed E-state index contributed by atoms with van der Waals surface area (Å²) in [6, 6.07) is 9.90. The van der Waals surface area contributed by atoms with Crippen molar-refractivity contribution < 1.29 is 49.4 Å². The van der Waals surface area contributed by atoms with E-state index in [9.17, 15) is 44.7 Å². The smallest absolute Gasteiger partial charge is 0.420 e. The van der Waals surface area contributed by atoms with Crippen LogP contribution in [0.15, 0.2) is 59.5 Å². The lowest BCUT2D eigenvalue weighted by atomic mass is 10.1. The number of benzene rings is 2. The van der Waals surface area contributed by atoms with Crippen LogP contribution in [0.4, 0.5) is 37.7 Å². The van der Waals surface area contributed by atoms with Crippen LogP contribution in [0.3, 0.4) is 0 Å². The zero-order valence-corrected chi connectivity index (χ0v) is 23.0. The largest absolute Gasteiger partial charge is 0.488 e. The van der Waals surface area contributed by atoms with Crippen LogP contribution in [0, 0.1) is 5.95 Å². The summed E-state index contributed by atoms with van der Waals surface area (Å²) < 4.78 is 118. The average Bonchev–Trinajstić information content (AvgIpc) is 2.98. The number of carbonyl (C=O) groups is 1. The molecule has 15 heteroatoms. The summed E-state index contributed by atoms with van der Waals surface area (Å²) >= 11 is 0. The molecule has 1 aliphatic heterocycles. The summed E-state index contributed by atoms with van der Waals surface area (Å²) in [5.74, 6) is -6.85. The Kier molecular flexibility index (Phi) is 8.47. The SMILES string of the molecule is CN1[C@H](CCC(C)(F)F)CN(c2ccccc2)c2cc(C(F)(F)F)c(OCc3ccc(F)nc3C(=O)O)cc2S1(=O)=O. The number of hydrogen-bond donors (Lipinski definition) is 1. The van der Waals surface area contributed by atoms with Crippen LogP contribution >= 0.6 is 0 Å². The van der Waals surface area contributed by atoms with Crippen LogP contribution < -0.4 is 9.64 Å². The first-order valence-electron chi connectivity index (χ1n) is 12.4. The molecule has 1 N–H and O–H groups in total. The van der Waals surface area contributed by atoms with Gasteiger partial charge in [0.1, 0.15) is 17.3 Å². The minimum absolute atomic E-state index is 0.233. The van der Waals surface area contributed by atoms with Crippen LogP contribution in [-0.4, -0.2) is 54.3 Å². The first kappa shape index (κ1) is 31.1. The van der Waals surface area contributed by atoms with Gasteiger partial charge in [-0.1, -0.05) is 18.2 Å². The summed E-state index contributed by atoms with van der Waals surface area (Å²) in [7, 11) is -3.41. The van der Waals surface area contributed by atoms with E-state index in [4.69, 9.17) is 4.74 Å². The number of aromatic carboxylic acids is 1. The maximum atomic E-state index is 14.3. The second-order valence-corrected chi connectivity index (χ2v) is 11.7. The predicted octanol–water partition coefficient (Wildman–Crippen LogP) is 6.09. The number of para-hydroxylation sites is 1. The van der Waals surface area contributed by atoms with E-state index in [1.807, 2.05) is 0 Å². The normalized spacial score (nSPS) is 17.4. The first-order valence-corrected chi connectivity index (χ1v) is 13.9. The topological polar surface area (TPSA) is 100 Å². The number of anilines is 2. The van der Waals surface area contributed by atoms with Crippen molar-refractivity contribution in [3.8, 4) is 5.75 Å². The van der Waals surface area contributed by atoms with Crippen LogP contribution in [0.25, 0.3) is 0 Å². The minimum Gasteiger partial charge on any atom is -0.488 e. The second-order valence-electron chi connectivity index (χ2n) is 9.78. The highest BCUT2D eigenvalue weighted by atomic mass is 32.2. The van der Waals surface area contributed by atoms with Crippen molar-refractivity contribution in [2.75, 3.05) is 18.5 Å². The molecule has 2 heterocycles. The minimum atomic E-state index is -5.06.